The lowest BCUT2D eigenvalue weighted by atomic mass is 10.1. The second kappa shape index (κ2) is 10.6. The third-order valence-corrected chi connectivity index (χ3v) is 2.98. The quantitative estimate of drug-likeness (QED) is 0.701. The van der Waals surface area contributed by atoms with Gasteiger partial charge in [0.25, 0.3) is 0 Å². The van der Waals surface area contributed by atoms with Gasteiger partial charge in [0.1, 0.15) is 0 Å². The molecule has 0 unspecified atom stereocenters. The average molecular weight is 263 g/mol. The molecule has 1 aromatic carbocycles. The van der Waals surface area contributed by atoms with Gasteiger partial charge in [-0.25, -0.2) is 0 Å². The van der Waals surface area contributed by atoms with Crippen molar-refractivity contribution in [1.29, 1.82) is 0 Å². The minimum atomic E-state index is 0.279. The van der Waals surface area contributed by atoms with E-state index in [9.17, 15) is 4.79 Å². The van der Waals surface area contributed by atoms with Gasteiger partial charge in [-0.1, -0.05) is 52.3 Å². The zero-order chi connectivity index (χ0) is 14.7. The Bertz CT molecular complexity index is 360. The van der Waals surface area contributed by atoms with E-state index >= 15 is 0 Å². The van der Waals surface area contributed by atoms with Crippen molar-refractivity contribution in [3.8, 4) is 0 Å². The molecule has 2 nitrogen and oxygen atoms in total. The first kappa shape index (κ1) is 17.7. The van der Waals surface area contributed by atoms with Gasteiger partial charge in [0.15, 0.2) is 0 Å². The summed E-state index contributed by atoms with van der Waals surface area (Å²) in [6, 6.07) is 8.12. The zero-order valence-electron chi connectivity index (χ0n) is 13.2. The lowest BCUT2D eigenvalue weighted by molar-refractivity contribution is -0.118. The Morgan fingerprint density at radius 2 is 1.58 bits per heavy atom. The van der Waals surface area contributed by atoms with E-state index in [0.717, 1.165) is 25.1 Å². The van der Waals surface area contributed by atoms with Gasteiger partial charge < -0.3 is 4.90 Å². The smallest absolute Gasteiger partial charge is 0.226 e. The molecule has 1 aromatic rings. The molecule has 0 bridgehead atoms. The van der Waals surface area contributed by atoms with E-state index in [-0.39, 0.29) is 5.91 Å². The van der Waals surface area contributed by atoms with Crippen LogP contribution in [-0.4, -0.2) is 12.5 Å². The molecule has 1 aliphatic rings. The summed E-state index contributed by atoms with van der Waals surface area (Å²) >= 11 is 0. The Balaban J connectivity index is 0.000000741. The van der Waals surface area contributed by atoms with E-state index < -0.39 is 0 Å². The number of carbonyl (C=O) groups excluding carboxylic acids is 1. The number of carbonyl (C=O) groups is 1. The molecule has 0 spiro atoms. The van der Waals surface area contributed by atoms with Crippen LogP contribution in [0.1, 0.15) is 58.9 Å². The van der Waals surface area contributed by atoms with Crippen LogP contribution in [0.2, 0.25) is 0 Å². The molecule has 0 saturated carbocycles. The van der Waals surface area contributed by atoms with Crippen LogP contribution in [0.5, 0.6) is 0 Å². The average Bonchev–Trinajstić information content (AvgIpc) is 2.69. The Labute approximate surface area is 118 Å². The van der Waals surface area contributed by atoms with Crippen LogP contribution in [0.4, 0.5) is 5.69 Å². The SMILES string of the molecule is CC.CC.Cc1ccccc1N1CCCCCC1=O. The van der Waals surface area contributed by atoms with E-state index in [4.69, 9.17) is 0 Å². The largest absolute Gasteiger partial charge is 0.312 e. The molecule has 0 aromatic heterocycles. The van der Waals surface area contributed by atoms with Crippen LogP contribution >= 0.6 is 0 Å². The number of hydrogen-bond donors (Lipinski definition) is 0. The first-order chi connectivity index (χ1) is 9.29. The maximum absolute atomic E-state index is 11.9. The van der Waals surface area contributed by atoms with Crippen LogP contribution in [-0.2, 0) is 4.79 Å². The highest BCUT2D eigenvalue weighted by atomic mass is 16.2. The number of rotatable bonds is 1. The number of nitrogens with zero attached hydrogens (tertiary/aromatic N) is 1. The molecular formula is C17H29NO. The normalized spacial score (nSPS) is 14.6. The fourth-order valence-corrected chi connectivity index (χ4v) is 2.10. The van der Waals surface area contributed by atoms with Crippen molar-refractivity contribution in [2.45, 2.75) is 60.3 Å². The molecule has 1 aliphatic heterocycles. The third kappa shape index (κ3) is 5.46. The highest BCUT2D eigenvalue weighted by Gasteiger charge is 2.18. The van der Waals surface area contributed by atoms with Gasteiger partial charge in [-0.3, -0.25) is 4.79 Å². The molecule has 2 rings (SSSR count). The number of benzene rings is 1. The maximum atomic E-state index is 11.9. The topological polar surface area (TPSA) is 20.3 Å². The zero-order valence-corrected chi connectivity index (χ0v) is 13.2. The summed E-state index contributed by atoms with van der Waals surface area (Å²) in [6.45, 7) is 10.9. The van der Waals surface area contributed by atoms with Crippen molar-refractivity contribution in [3.05, 3.63) is 29.8 Å². The molecule has 0 aliphatic carbocycles. The van der Waals surface area contributed by atoms with E-state index in [2.05, 4.69) is 13.0 Å². The van der Waals surface area contributed by atoms with Crippen molar-refractivity contribution in [2.75, 3.05) is 11.4 Å². The van der Waals surface area contributed by atoms with Gasteiger partial charge >= 0.3 is 0 Å². The summed E-state index contributed by atoms with van der Waals surface area (Å²) < 4.78 is 0. The molecule has 2 heteroatoms. The minimum absolute atomic E-state index is 0.279. The fourth-order valence-electron chi connectivity index (χ4n) is 2.10. The van der Waals surface area contributed by atoms with Crippen LogP contribution in [0, 0.1) is 6.92 Å². The van der Waals surface area contributed by atoms with E-state index in [1.54, 1.807) is 0 Å². The van der Waals surface area contributed by atoms with Gasteiger partial charge in [-0.15, -0.1) is 0 Å². The molecule has 0 atom stereocenters. The van der Waals surface area contributed by atoms with Crippen molar-refractivity contribution in [2.24, 2.45) is 0 Å². The van der Waals surface area contributed by atoms with E-state index in [1.807, 2.05) is 50.8 Å². The third-order valence-electron chi connectivity index (χ3n) is 2.98. The second-order valence-electron chi connectivity index (χ2n) is 4.14. The molecule has 0 N–H and O–H groups in total. The number of anilines is 1. The Morgan fingerprint density at radius 1 is 0.947 bits per heavy atom. The Kier molecular flexibility index (Phi) is 9.87. The summed E-state index contributed by atoms with van der Waals surface area (Å²) in [5, 5.41) is 0. The molecular weight excluding hydrogens is 234 g/mol. The Hall–Kier alpha value is -1.31. The van der Waals surface area contributed by atoms with Gasteiger partial charge in [-0.05, 0) is 31.4 Å². The fraction of sp³-hybridized carbons (Fsp3) is 0.588. The van der Waals surface area contributed by atoms with Crippen molar-refractivity contribution < 1.29 is 4.79 Å². The first-order valence-corrected chi connectivity index (χ1v) is 7.65. The van der Waals surface area contributed by atoms with Crippen molar-refractivity contribution >= 4 is 11.6 Å². The minimum Gasteiger partial charge on any atom is -0.312 e. The van der Waals surface area contributed by atoms with Crippen molar-refractivity contribution in [1.82, 2.24) is 0 Å². The summed E-state index contributed by atoms with van der Waals surface area (Å²) in [5.74, 6) is 0.279. The standard InChI is InChI=1S/C13H17NO.2C2H6/c1-11-7-4-5-8-12(11)14-10-6-2-3-9-13(14)15;2*1-2/h4-5,7-8H,2-3,6,9-10H2,1H3;2*1-2H3. The summed E-state index contributed by atoms with van der Waals surface area (Å²) in [5.41, 5.74) is 2.28. The molecule has 1 saturated heterocycles. The van der Waals surface area contributed by atoms with Crippen LogP contribution in [0.15, 0.2) is 24.3 Å². The number of hydrogen-bond acceptors (Lipinski definition) is 1. The molecule has 1 amide bonds. The van der Waals surface area contributed by atoms with Crippen LogP contribution < -0.4 is 4.90 Å². The lowest BCUT2D eigenvalue weighted by Crippen LogP contribution is -2.30. The molecule has 19 heavy (non-hydrogen) atoms. The van der Waals surface area contributed by atoms with Gasteiger partial charge in [0.2, 0.25) is 5.91 Å². The van der Waals surface area contributed by atoms with Gasteiger partial charge in [0, 0.05) is 18.7 Å². The number of amides is 1. The molecule has 1 heterocycles. The van der Waals surface area contributed by atoms with Crippen molar-refractivity contribution in [3.63, 3.8) is 0 Å². The predicted molar refractivity (Wildman–Crippen MR) is 84.7 cm³/mol. The van der Waals surface area contributed by atoms with Crippen LogP contribution in [0.3, 0.4) is 0 Å². The first-order valence-electron chi connectivity index (χ1n) is 7.65. The monoisotopic (exact) mass is 263 g/mol. The maximum Gasteiger partial charge on any atom is 0.226 e. The second-order valence-corrected chi connectivity index (χ2v) is 4.14. The lowest BCUT2D eigenvalue weighted by Gasteiger charge is -2.22. The van der Waals surface area contributed by atoms with E-state index in [0.29, 0.717) is 6.42 Å². The van der Waals surface area contributed by atoms with Gasteiger partial charge in [0.05, 0.1) is 0 Å². The summed E-state index contributed by atoms with van der Waals surface area (Å²) in [6.07, 6.45) is 4.05. The summed E-state index contributed by atoms with van der Waals surface area (Å²) in [4.78, 5) is 13.8. The Morgan fingerprint density at radius 3 is 2.21 bits per heavy atom. The number of para-hydroxylation sites is 1. The van der Waals surface area contributed by atoms with Gasteiger partial charge in [-0.2, -0.15) is 0 Å². The highest BCUT2D eigenvalue weighted by molar-refractivity contribution is 5.94. The number of aryl methyl sites for hydroxylation is 1. The highest BCUT2D eigenvalue weighted by Crippen LogP contribution is 2.23. The van der Waals surface area contributed by atoms with Crippen LogP contribution in [0.25, 0.3) is 0 Å². The molecule has 108 valence electrons. The summed E-state index contributed by atoms with van der Waals surface area (Å²) in [7, 11) is 0. The van der Waals surface area contributed by atoms with E-state index in [1.165, 1.54) is 12.0 Å². The molecule has 1 fully saturated rings. The molecule has 0 radical (unpaired) electrons. The predicted octanol–water partition coefficient (Wildman–Crippen LogP) is 4.95.